The van der Waals surface area contributed by atoms with Gasteiger partial charge in [0.15, 0.2) is 5.78 Å². The van der Waals surface area contributed by atoms with E-state index in [0.717, 1.165) is 11.4 Å². The van der Waals surface area contributed by atoms with Crippen LogP contribution in [0.2, 0.25) is 0 Å². The number of rotatable bonds is 9. The van der Waals surface area contributed by atoms with Gasteiger partial charge in [0.2, 0.25) is 0 Å². The van der Waals surface area contributed by atoms with Crippen molar-refractivity contribution in [1.82, 2.24) is 24.6 Å². The van der Waals surface area contributed by atoms with E-state index in [2.05, 4.69) is 20.0 Å². The van der Waals surface area contributed by atoms with Crippen LogP contribution in [0.3, 0.4) is 0 Å². The van der Waals surface area contributed by atoms with Crippen molar-refractivity contribution >= 4 is 52.1 Å². The number of carbonyl (C=O) groups excluding carboxylic acids is 2. The molecule has 1 amide bonds. The lowest BCUT2D eigenvalue weighted by Crippen LogP contribution is -2.41. The van der Waals surface area contributed by atoms with Crippen LogP contribution in [0.15, 0.2) is 40.8 Å². The molecule has 0 radical (unpaired) electrons. The van der Waals surface area contributed by atoms with Crippen LogP contribution in [-0.2, 0) is 33.5 Å². The quantitative estimate of drug-likeness (QED) is 0.484. The molecule has 2 aromatic heterocycles. The van der Waals surface area contributed by atoms with Gasteiger partial charge in [0, 0.05) is 23.1 Å². The van der Waals surface area contributed by atoms with Gasteiger partial charge in [-0.2, -0.15) is 0 Å². The van der Waals surface area contributed by atoms with Crippen molar-refractivity contribution in [3.63, 3.8) is 0 Å². The van der Waals surface area contributed by atoms with Gasteiger partial charge >= 0.3 is 6.09 Å². The van der Waals surface area contributed by atoms with E-state index in [1.165, 1.54) is 6.20 Å². The molecule has 2 N–H and O–H groups in total. The lowest BCUT2D eigenvalue weighted by atomic mass is 9.89. The minimum Gasteiger partial charge on any atom is -0.444 e. The average Bonchev–Trinajstić information content (AvgIpc) is 3.17. The van der Waals surface area contributed by atoms with Crippen LogP contribution < -0.4 is 10.0 Å². The Morgan fingerprint density at radius 3 is 2.74 bits per heavy atom. The fourth-order valence-electron chi connectivity index (χ4n) is 3.14. The van der Waals surface area contributed by atoms with Gasteiger partial charge in [0.05, 0.1) is 42.7 Å². The van der Waals surface area contributed by atoms with Crippen LogP contribution in [0.25, 0.3) is 6.08 Å². The molecule has 2 heterocycles. The molecule has 1 aliphatic rings. The minimum absolute atomic E-state index is 0.192. The highest BCUT2D eigenvalue weighted by atomic mass is 35.5. The maximum Gasteiger partial charge on any atom is 0.407 e. The van der Waals surface area contributed by atoms with Crippen molar-refractivity contribution in [2.75, 3.05) is 13.1 Å². The zero-order chi connectivity index (χ0) is 24.9. The van der Waals surface area contributed by atoms with E-state index < -0.39 is 28.6 Å². The van der Waals surface area contributed by atoms with E-state index in [9.17, 15) is 13.8 Å². The number of carbonyl (C=O) groups is 2. The number of imidazole rings is 1. The predicted octanol–water partition coefficient (Wildman–Crippen LogP) is 3.04. The highest BCUT2D eigenvalue weighted by molar-refractivity contribution is 7.83. The molecule has 0 spiro atoms. The van der Waals surface area contributed by atoms with Gasteiger partial charge in [-0.25, -0.2) is 23.7 Å². The molecule has 9 nitrogen and oxygen atoms in total. The van der Waals surface area contributed by atoms with Crippen LogP contribution in [0, 0.1) is 5.41 Å². The van der Waals surface area contributed by atoms with Gasteiger partial charge in [-0.15, -0.1) is 11.6 Å². The Hall–Kier alpha value is -2.27. The number of ketones is 1. The molecule has 0 saturated carbocycles. The van der Waals surface area contributed by atoms with Crippen molar-refractivity contribution in [2.24, 2.45) is 5.41 Å². The number of halogens is 2. The van der Waals surface area contributed by atoms with Gasteiger partial charge in [-0.3, -0.25) is 4.79 Å². The Labute approximate surface area is 210 Å². The molecule has 0 aromatic carbocycles. The Morgan fingerprint density at radius 2 is 2.06 bits per heavy atom. The van der Waals surface area contributed by atoms with Crippen LogP contribution in [-0.4, -0.2) is 55.2 Å². The number of hydrogen-bond donors (Lipinski definition) is 2. The number of hydrogen-bond acceptors (Lipinski definition) is 6. The van der Waals surface area contributed by atoms with Crippen LogP contribution in [0.1, 0.15) is 32.2 Å². The standard InChI is InChI=1S/C22H27Cl2N5O4S/c1-22(2,3)19(12-29-13-27-17-8-15(23)16(24)9-18(17)29)33-21(31)26-10-14(30)11-28-34(32)20-6-4-5-7-25-20/h4-7,9,13,15,19,28H,8,10-12H2,1-3H3,(H,26,31)/t15?,19-,34?/m1/s1. The third-order valence-electron chi connectivity index (χ3n) is 5.14. The fraction of sp³-hybridized carbons (Fsp3) is 0.455. The van der Waals surface area contributed by atoms with Crippen molar-refractivity contribution in [1.29, 1.82) is 0 Å². The molecule has 2 aromatic rings. The molecule has 184 valence electrons. The van der Waals surface area contributed by atoms with Crippen LogP contribution in [0.4, 0.5) is 4.79 Å². The van der Waals surface area contributed by atoms with Gasteiger partial charge in [0.1, 0.15) is 22.1 Å². The van der Waals surface area contributed by atoms with Gasteiger partial charge in [-0.05, 0) is 18.2 Å². The number of aromatic nitrogens is 3. The molecule has 0 aliphatic heterocycles. The summed E-state index contributed by atoms with van der Waals surface area (Å²) in [6.45, 7) is 5.75. The van der Waals surface area contributed by atoms with Crippen LogP contribution >= 0.6 is 23.2 Å². The van der Waals surface area contributed by atoms with E-state index in [-0.39, 0.29) is 24.2 Å². The second-order valence-electron chi connectivity index (χ2n) is 8.84. The summed E-state index contributed by atoms with van der Waals surface area (Å²) >= 11 is 12.4. The van der Waals surface area contributed by atoms with Crippen LogP contribution in [0.5, 0.6) is 0 Å². The van der Waals surface area contributed by atoms with E-state index in [0.29, 0.717) is 23.0 Å². The van der Waals surface area contributed by atoms with Gasteiger partial charge < -0.3 is 14.6 Å². The Bertz CT molecular complexity index is 1080. The first kappa shape index (κ1) is 26.3. The maximum atomic E-state index is 12.4. The number of nitrogens with one attached hydrogen (secondary N) is 2. The second-order valence-corrected chi connectivity index (χ2v) is 11.0. The van der Waals surface area contributed by atoms with Crippen molar-refractivity contribution in [2.45, 2.75) is 50.2 Å². The summed E-state index contributed by atoms with van der Waals surface area (Å²) in [5.74, 6) is -0.354. The molecule has 12 heteroatoms. The number of alkyl carbamates (subject to hydrolysis) is 1. The SMILES string of the molecule is CC(C)(C)[C@@H](Cn1cnc2c1C=C(Cl)C(Cl)C2)OC(=O)NCC(=O)CNS(=O)c1ccccn1. The third kappa shape index (κ3) is 7.11. The number of Topliss-reactive ketones (excluding diaryl/α,β-unsaturated/α-hetero) is 1. The Kier molecular flexibility index (Phi) is 8.86. The number of nitrogens with zero attached hydrogens (tertiary/aromatic N) is 3. The number of pyridine rings is 1. The highest BCUT2D eigenvalue weighted by Gasteiger charge is 2.31. The van der Waals surface area contributed by atoms with E-state index in [1.54, 1.807) is 30.6 Å². The monoisotopic (exact) mass is 527 g/mol. The number of amides is 1. The van der Waals surface area contributed by atoms with Crippen molar-refractivity contribution < 1.29 is 18.5 Å². The third-order valence-corrected chi connectivity index (χ3v) is 7.04. The number of allylic oxidation sites excluding steroid dienone is 1. The largest absolute Gasteiger partial charge is 0.444 e. The molecule has 34 heavy (non-hydrogen) atoms. The first-order valence-electron chi connectivity index (χ1n) is 10.6. The van der Waals surface area contributed by atoms with Crippen molar-refractivity contribution in [3.05, 3.63) is 47.1 Å². The summed E-state index contributed by atoms with van der Waals surface area (Å²) in [6, 6.07) is 4.99. The number of ether oxygens (including phenoxy) is 1. The van der Waals surface area contributed by atoms with E-state index in [4.69, 9.17) is 27.9 Å². The topological polar surface area (TPSA) is 115 Å². The number of fused-ring (bicyclic) bond motifs is 1. The first-order valence-corrected chi connectivity index (χ1v) is 12.6. The summed E-state index contributed by atoms with van der Waals surface area (Å²) in [6.07, 6.45) is 4.27. The minimum atomic E-state index is -1.62. The lowest BCUT2D eigenvalue weighted by Gasteiger charge is -2.31. The molecule has 1 aliphatic carbocycles. The molecular weight excluding hydrogens is 501 g/mol. The summed E-state index contributed by atoms with van der Waals surface area (Å²) in [5.41, 5.74) is 1.28. The summed E-state index contributed by atoms with van der Waals surface area (Å²) < 4.78 is 22.2. The smallest absolute Gasteiger partial charge is 0.407 e. The summed E-state index contributed by atoms with van der Waals surface area (Å²) in [7, 11) is -1.62. The normalized spacial score (nSPS) is 17.3. The Balaban J connectivity index is 1.53. The Morgan fingerprint density at radius 1 is 1.29 bits per heavy atom. The molecule has 0 fully saturated rings. The molecule has 3 atom stereocenters. The molecule has 0 bridgehead atoms. The fourth-order valence-corrected chi connectivity index (χ4v) is 4.33. The van der Waals surface area contributed by atoms with E-state index in [1.807, 2.05) is 25.3 Å². The molecule has 2 unspecified atom stereocenters. The first-order chi connectivity index (χ1) is 16.0. The summed E-state index contributed by atoms with van der Waals surface area (Å²) in [4.78, 5) is 32.9. The zero-order valence-corrected chi connectivity index (χ0v) is 21.4. The van der Waals surface area contributed by atoms with E-state index >= 15 is 0 Å². The highest BCUT2D eigenvalue weighted by Crippen LogP contribution is 2.31. The van der Waals surface area contributed by atoms with Gasteiger partial charge in [0.25, 0.3) is 0 Å². The number of alkyl halides is 1. The van der Waals surface area contributed by atoms with Gasteiger partial charge in [-0.1, -0.05) is 38.4 Å². The predicted molar refractivity (Wildman–Crippen MR) is 131 cm³/mol. The zero-order valence-electron chi connectivity index (χ0n) is 19.1. The second kappa shape index (κ2) is 11.4. The molecule has 0 saturated heterocycles. The average molecular weight is 528 g/mol. The molecular formula is C22H27Cl2N5O4S. The van der Waals surface area contributed by atoms with Crippen molar-refractivity contribution in [3.8, 4) is 0 Å². The summed E-state index contributed by atoms with van der Waals surface area (Å²) in [5, 5.41) is 3.02. The maximum absolute atomic E-state index is 12.4. The lowest BCUT2D eigenvalue weighted by molar-refractivity contribution is -0.117. The molecule has 3 rings (SSSR count).